The third-order valence-corrected chi connectivity index (χ3v) is 3.98. The van der Waals surface area contributed by atoms with Gasteiger partial charge in [-0.05, 0) is 36.3 Å². The summed E-state index contributed by atoms with van der Waals surface area (Å²) in [7, 11) is 0. The minimum atomic E-state index is -0.839. The standard InChI is InChI=1S/C16H22O4/c1-3-14(18)10(2)4-5-11-8-16(19)20-15-9-12(17)6-7-13(11)15/h3,6-7,9-11,14,16-19H,1,4-5,8H2,2H3. The van der Waals surface area contributed by atoms with Gasteiger partial charge in [0.15, 0.2) is 6.29 Å². The summed E-state index contributed by atoms with van der Waals surface area (Å²) in [5, 5.41) is 29.0. The lowest BCUT2D eigenvalue weighted by Gasteiger charge is -2.30. The molecule has 3 N–H and O–H groups in total. The van der Waals surface area contributed by atoms with Crippen LogP contribution in [0.15, 0.2) is 30.9 Å². The molecule has 4 nitrogen and oxygen atoms in total. The topological polar surface area (TPSA) is 69.9 Å². The maximum atomic E-state index is 9.77. The molecule has 1 aliphatic heterocycles. The second kappa shape index (κ2) is 6.29. The minimum absolute atomic E-state index is 0.132. The lowest BCUT2D eigenvalue weighted by Crippen LogP contribution is -2.26. The Bertz CT molecular complexity index is 472. The normalized spacial score (nSPS) is 24.4. The van der Waals surface area contributed by atoms with Crippen LogP contribution in [0.3, 0.4) is 0 Å². The molecular weight excluding hydrogens is 256 g/mol. The number of rotatable bonds is 5. The number of fused-ring (bicyclic) bond motifs is 1. The number of phenols is 1. The molecule has 0 amide bonds. The SMILES string of the molecule is C=CC(O)C(C)CCC1CC(O)Oc2cc(O)ccc21. The molecule has 0 aromatic heterocycles. The van der Waals surface area contributed by atoms with Gasteiger partial charge in [0.2, 0.25) is 0 Å². The number of aliphatic hydroxyl groups is 2. The summed E-state index contributed by atoms with van der Waals surface area (Å²) in [6, 6.07) is 5.01. The van der Waals surface area contributed by atoms with E-state index in [2.05, 4.69) is 6.58 Å². The van der Waals surface area contributed by atoms with Crippen LogP contribution in [-0.2, 0) is 0 Å². The van der Waals surface area contributed by atoms with Crippen molar-refractivity contribution >= 4 is 0 Å². The van der Waals surface area contributed by atoms with Gasteiger partial charge in [-0.1, -0.05) is 19.1 Å². The molecule has 1 aromatic carbocycles. The van der Waals surface area contributed by atoms with Gasteiger partial charge in [-0.15, -0.1) is 6.58 Å². The summed E-state index contributed by atoms with van der Waals surface area (Å²) in [5.74, 6) is 0.986. The number of hydrogen-bond acceptors (Lipinski definition) is 4. The van der Waals surface area contributed by atoms with Crippen molar-refractivity contribution in [3.63, 3.8) is 0 Å². The summed E-state index contributed by atoms with van der Waals surface area (Å²) in [6.07, 6.45) is 2.44. The van der Waals surface area contributed by atoms with Crippen LogP contribution in [0.2, 0.25) is 0 Å². The number of phenolic OH excluding ortho intramolecular Hbond substituents is 1. The Labute approximate surface area is 119 Å². The van der Waals surface area contributed by atoms with E-state index in [-0.39, 0.29) is 17.6 Å². The van der Waals surface area contributed by atoms with Crippen molar-refractivity contribution in [2.75, 3.05) is 0 Å². The van der Waals surface area contributed by atoms with Crippen LogP contribution in [0.25, 0.3) is 0 Å². The zero-order chi connectivity index (χ0) is 14.7. The first-order valence-corrected chi connectivity index (χ1v) is 6.99. The Balaban J connectivity index is 2.07. The molecule has 4 heteroatoms. The zero-order valence-corrected chi connectivity index (χ0v) is 11.7. The predicted molar refractivity (Wildman–Crippen MR) is 76.7 cm³/mol. The van der Waals surface area contributed by atoms with Crippen molar-refractivity contribution in [1.29, 1.82) is 0 Å². The second-order valence-corrected chi connectivity index (χ2v) is 5.51. The molecule has 1 aromatic rings. The van der Waals surface area contributed by atoms with Crippen LogP contribution in [0.1, 0.15) is 37.7 Å². The quantitative estimate of drug-likeness (QED) is 0.724. The molecule has 0 aliphatic carbocycles. The van der Waals surface area contributed by atoms with Gasteiger partial charge in [-0.3, -0.25) is 0 Å². The lowest BCUT2D eigenvalue weighted by molar-refractivity contribution is -0.0404. The van der Waals surface area contributed by atoms with Crippen LogP contribution >= 0.6 is 0 Å². The Kier molecular flexibility index (Phi) is 4.68. The molecule has 20 heavy (non-hydrogen) atoms. The summed E-state index contributed by atoms with van der Waals surface area (Å²) in [5.41, 5.74) is 1.01. The van der Waals surface area contributed by atoms with Crippen molar-refractivity contribution in [3.8, 4) is 11.5 Å². The van der Waals surface area contributed by atoms with Gasteiger partial charge in [-0.2, -0.15) is 0 Å². The fourth-order valence-corrected chi connectivity index (χ4v) is 2.67. The monoisotopic (exact) mass is 278 g/mol. The van der Waals surface area contributed by atoms with Crippen molar-refractivity contribution in [3.05, 3.63) is 36.4 Å². The molecule has 0 spiro atoms. The fourth-order valence-electron chi connectivity index (χ4n) is 2.67. The highest BCUT2D eigenvalue weighted by Gasteiger charge is 2.27. The van der Waals surface area contributed by atoms with Crippen molar-refractivity contribution in [2.45, 2.75) is 44.5 Å². The molecule has 4 unspecified atom stereocenters. The fraction of sp³-hybridized carbons (Fsp3) is 0.500. The van der Waals surface area contributed by atoms with Gasteiger partial charge in [0.1, 0.15) is 11.5 Å². The number of aliphatic hydroxyl groups excluding tert-OH is 2. The van der Waals surface area contributed by atoms with E-state index in [1.54, 1.807) is 12.1 Å². The third-order valence-electron chi connectivity index (χ3n) is 3.98. The third kappa shape index (κ3) is 3.32. The van der Waals surface area contributed by atoms with Gasteiger partial charge in [0, 0.05) is 12.5 Å². The molecule has 0 radical (unpaired) electrons. The summed E-state index contributed by atoms with van der Waals surface area (Å²) in [4.78, 5) is 0. The summed E-state index contributed by atoms with van der Waals surface area (Å²) in [6.45, 7) is 5.58. The number of benzene rings is 1. The first kappa shape index (κ1) is 14.9. The highest BCUT2D eigenvalue weighted by molar-refractivity contribution is 5.43. The Morgan fingerprint density at radius 1 is 1.50 bits per heavy atom. The smallest absolute Gasteiger partial charge is 0.197 e. The second-order valence-electron chi connectivity index (χ2n) is 5.51. The van der Waals surface area contributed by atoms with Crippen LogP contribution in [0.4, 0.5) is 0 Å². The molecule has 4 atom stereocenters. The Morgan fingerprint density at radius 2 is 2.25 bits per heavy atom. The average Bonchev–Trinajstić information content (AvgIpc) is 2.42. The molecular formula is C16H22O4. The van der Waals surface area contributed by atoms with Crippen LogP contribution < -0.4 is 4.74 Å². The van der Waals surface area contributed by atoms with E-state index in [0.717, 1.165) is 18.4 Å². The number of ether oxygens (including phenoxy) is 1. The van der Waals surface area contributed by atoms with Gasteiger partial charge >= 0.3 is 0 Å². The van der Waals surface area contributed by atoms with E-state index in [0.29, 0.717) is 12.2 Å². The van der Waals surface area contributed by atoms with Crippen LogP contribution in [-0.4, -0.2) is 27.7 Å². The minimum Gasteiger partial charge on any atom is -0.508 e. The van der Waals surface area contributed by atoms with Gasteiger partial charge in [-0.25, -0.2) is 0 Å². The first-order chi connectivity index (χ1) is 9.51. The molecule has 1 aliphatic rings. The van der Waals surface area contributed by atoms with Crippen LogP contribution in [0.5, 0.6) is 11.5 Å². The van der Waals surface area contributed by atoms with E-state index in [9.17, 15) is 15.3 Å². The maximum absolute atomic E-state index is 9.77. The average molecular weight is 278 g/mol. The van der Waals surface area contributed by atoms with Crippen molar-refractivity contribution < 1.29 is 20.1 Å². The predicted octanol–water partition coefficient (Wildman–Crippen LogP) is 2.54. The highest BCUT2D eigenvalue weighted by Crippen LogP contribution is 2.40. The van der Waals surface area contributed by atoms with Gasteiger partial charge in [0.05, 0.1) is 6.10 Å². The van der Waals surface area contributed by atoms with Crippen LogP contribution in [0, 0.1) is 5.92 Å². The van der Waals surface area contributed by atoms with E-state index in [1.807, 2.05) is 13.0 Å². The lowest BCUT2D eigenvalue weighted by atomic mass is 9.85. The van der Waals surface area contributed by atoms with Gasteiger partial charge in [0.25, 0.3) is 0 Å². The molecule has 2 rings (SSSR count). The molecule has 0 bridgehead atoms. The van der Waals surface area contributed by atoms with E-state index >= 15 is 0 Å². The van der Waals surface area contributed by atoms with Crippen molar-refractivity contribution in [1.82, 2.24) is 0 Å². The van der Waals surface area contributed by atoms with Gasteiger partial charge < -0.3 is 20.1 Å². The first-order valence-electron chi connectivity index (χ1n) is 6.99. The Morgan fingerprint density at radius 3 is 2.95 bits per heavy atom. The number of hydrogen-bond donors (Lipinski definition) is 3. The van der Waals surface area contributed by atoms with Crippen molar-refractivity contribution in [2.24, 2.45) is 5.92 Å². The molecule has 0 saturated carbocycles. The largest absolute Gasteiger partial charge is 0.508 e. The zero-order valence-electron chi connectivity index (χ0n) is 11.7. The molecule has 0 fully saturated rings. The Hall–Kier alpha value is -1.52. The maximum Gasteiger partial charge on any atom is 0.197 e. The van der Waals surface area contributed by atoms with E-state index in [4.69, 9.17) is 4.74 Å². The summed E-state index contributed by atoms with van der Waals surface area (Å²) >= 11 is 0. The highest BCUT2D eigenvalue weighted by atomic mass is 16.6. The van der Waals surface area contributed by atoms with E-state index in [1.165, 1.54) is 6.07 Å². The number of aromatic hydroxyl groups is 1. The summed E-state index contributed by atoms with van der Waals surface area (Å²) < 4.78 is 5.35. The van der Waals surface area contributed by atoms with E-state index < -0.39 is 12.4 Å². The molecule has 110 valence electrons. The molecule has 1 heterocycles. The molecule has 0 saturated heterocycles.